The lowest BCUT2D eigenvalue weighted by molar-refractivity contribution is -0.124. The van der Waals surface area contributed by atoms with E-state index in [1.165, 1.54) is 23.7 Å². The van der Waals surface area contributed by atoms with E-state index in [9.17, 15) is 9.59 Å². The highest BCUT2D eigenvalue weighted by Crippen LogP contribution is 2.44. The Morgan fingerprint density at radius 3 is 2.39 bits per heavy atom. The van der Waals surface area contributed by atoms with Gasteiger partial charge < -0.3 is 15.0 Å². The average Bonchev–Trinajstić information content (AvgIpc) is 2.99. The van der Waals surface area contributed by atoms with Crippen LogP contribution in [0.3, 0.4) is 0 Å². The van der Waals surface area contributed by atoms with E-state index < -0.39 is 0 Å². The fourth-order valence-electron chi connectivity index (χ4n) is 5.56. The molecule has 0 saturated heterocycles. The minimum atomic E-state index is -0.148. The van der Waals surface area contributed by atoms with Crippen molar-refractivity contribution in [1.82, 2.24) is 5.32 Å². The highest BCUT2D eigenvalue weighted by atomic mass is 16.5. The van der Waals surface area contributed by atoms with Crippen LogP contribution in [0.2, 0.25) is 0 Å². The van der Waals surface area contributed by atoms with E-state index in [-0.39, 0.29) is 29.3 Å². The molecule has 5 nitrogen and oxygen atoms in total. The van der Waals surface area contributed by atoms with Crippen molar-refractivity contribution >= 4 is 17.4 Å². The number of carbonyl (C=O) groups excluding carboxylic acids is 2. The Morgan fingerprint density at radius 1 is 1.03 bits per heavy atom. The first-order valence-electron chi connectivity index (χ1n) is 13.5. The molecule has 1 amide bonds. The van der Waals surface area contributed by atoms with Crippen molar-refractivity contribution in [2.24, 2.45) is 5.92 Å². The summed E-state index contributed by atoms with van der Waals surface area (Å²) in [4.78, 5) is 25.6. The van der Waals surface area contributed by atoms with Gasteiger partial charge in [-0.15, -0.1) is 0 Å². The molecule has 2 aromatic carbocycles. The highest BCUT2D eigenvalue weighted by molar-refractivity contribution is 5.85. The predicted octanol–water partition coefficient (Wildman–Crippen LogP) is 6.19. The molecule has 1 heterocycles. The molecular weight excluding hydrogens is 448 g/mol. The number of hydrogen-bond acceptors (Lipinski definition) is 4. The first-order chi connectivity index (χ1) is 17.1. The molecule has 2 aromatic rings. The van der Waals surface area contributed by atoms with E-state index in [0.29, 0.717) is 12.3 Å². The number of anilines is 1. The van der Waals surface area contributed by atoms with E-state index in [2.05, 4.69) is 79.5 Å². The Hall–Kier alpha value is -2.82. The van der Waals surface area contributed by atoms with Gasteiger partial charge in [0, 0.05) is 32.9 Å². The number of nitrogens with one attached hydrogen (secondary N) is 1. The van der Waals surface area contributed by atoms with Crippen LogP contribution in [0.25, 0.3) is 0 Å². The fourth-order valence-corrected chi connectivity index (χ4v) is 5.56. The second-order valence-electron chi connectivity index (χ2n) is 11.8. The average molecular weight is 491 g/mol. The summed E-state index contributed by atoms with van der Waals surface area (Å²) in [7, 11) is 0. The molecule has 1 aliphatic heterocycles. The third kappa shape index (κ3) is 6.68. The number of ether oxygens (including phenoxy) is 1. The topological polar surface area (TPSA) is 58.6 Å². The number of para-hydroxylation sites is 2. The van der Waals surface area contributed by atoms with Crippen molar-refractivity contribution < 1.29 is 14.3 Å². The maximum Gasteiger partial charge on any atom is 0.217 e. The van der Waals surface area contributed by atoms with Crippen LogP contribution in [0.5, 0.6) is 5.75 Å². The lowest BCUT2D eigenvalue weighted by atomic mass is 9.75. The Balaban J connectivity index is 1.38. The van der Waals surface area contributed by atoms with Crippen LogP contribution in [0, 0.1) is 5.92 Å². The SMILES string of the molecule is CC(=O)NCC(=O)CCC1CCC2(CC1)CCN(Cc1ccc(C(C)(C)C)cc1)c1ccccc1O2. The molecule has 0 atom stereocenters. The second kappa shape index (κ2) is 11.1. The third-order valence-corrected chi connectivity index (χ3v) is 7.95. The van der Waals surface area contributed by atoms with Crippen molar-refractivity contribution in [3.05, 3.63) is 59.7 Å². The van der Waals surface area contributed by atoms with E-state index >= 15 is 0 Å². The first kappa shape index (κ1) is 26.2. The van der Waals surface area contributed by atoms with Gasteiger partial charge in [-0.2, -0.15) is 0 Å². The molecule has 194 valence electrons. The Morgan fingerprint density at radius 2 is 1.72 bits per heavy atom. The fraction of sp³-hybridized carbons (Fsp3) is 0.548. The minimum Gasteiger partial charge on any atom is -0.485 e. The number of ketones is 1. The zero-order chi connectivity index (χ0) is 25.8. The standard InChI is InChI=1S/C31H42N2O3/c1-23(34)32-21-27(35)14-11-24-15-17-31(18-16-24)19-20-33(28-7-5-6-8-29(28)36-31)22-25-9-12-26(13-10-25)30(2,3)4/h5-10,12-13,24H,11,14-22H2,1-4H3,(H,32,34). The van der Waals surface area contributed by atoms with Crippen molar-refractivity contribution in [3.63, 3.8) is 0 Å². The summed E-state index contributed by atoms with van der Waals surface area (Å²) in [6, 6.07) is 17.5. The quantitative estimate of drug-likeness (QED) is 0.503. The van der Waals surface area contributed by atoms with Crippen LogP contribution in [0.15, 0.2) is 48.5 Å². The van der Waals surface area contributed by atoms with Crippen LogP contribution in [-0.4, -0.2) is 30.4 Å². The van der Waals surface area contributed by atoms with Crippen molar-refractivity contribution in [2.45, 2.75) is 90.2 Å². The van der Waals surface area contributed by atoms with Crippen molar-refractivity contribution in [1.29, 1.82) is 0 Å². The van der Waals surface area contributed by atoms with E-state index in [4.69, 9.17) is 4.74 Å². The van der Waals surface area contributed by atoms with Crippen LogP contribution in [0.1, 0.15) is 83.8 Å². The maximum absolute atomic E-state index is 12.1. The normalized spacial score (nSPS) is 21.9. The van der Waals surface area contributed by atoms with Gasteiger partial charge in [-0.25, -0.2) is 0 Å². The smallest absolute Gasteiger partial charge is 0.217 e. The zero-order valence-corrected chi connectivity index (χ0v) is 22.4. The molecule has 1 fully saturated rings. The molecule has 0 unspecified atom stereocenters. The molecule has 4 rings (SSSR count). The number of carbonyl (C=O) groups is 2. The molecule has 1 saturated carbocycles. The summed E-state index contributed by atoms with van der Waals surface area (Å²) in [6.07, 6.45) is 6.69. The summed E-state index contributed by atoms with van der Waals surface area (Å²) < 4.78 is 6.80. The van der Waals surface area contributed by atoms with Crippen LogP contribution < -0.4 is 15.0 Å². The highest BCUT2D eigenvalue weighted by Gasteiger charge is 2.40. The third-order valence-electron chi connectivity index (χ3n) is 7.95. The predicted molar refractivity (Wildman–Crippen MR) is 145 cm³/mol. The van der Waals surface area contributed by atoms with Crippen molar-refractivity contribution in [3.8, 4) is 5.75 Å². The van der Waals surface area contributed by atoms with Gasteiger partial charge in [0.2, 0.25) is 5.91 Å². The van der Waals surface area contributed by atoms with Gasteiger partial charge >= 0.3 is 0 Å². The van der Waals surface area contributed by atoms with Gasteiger partial charge in [-0.1, -0.05) is 57.2 Å². The summed E-state index contributed by atoms with van der Waals surface area (Å²) in [5, 5.41) is 2.61. The lowest BCUT2D eigenvalue weighted by Gasteiger charge is -2.39. The molecule has 0 radical (unpaired) electrons. The number of rotatable bonds is 7. The number of benzene rings is 2. The number of hydrogen-bond donors (Lipinski definition) is 1. The van der Waals surface area contributed by atoms with Gasteiger partial charge in [-0.05, 0) is 66.7 Å². The van der Waals surface area contributed by atoms with Gasteiger partial charge in [0.05, 0.1) is 12.2 Å². The minimum absolute atomic E-state index is 0.122. The van der Waals surface area contributed by atoms with Crippen molar-refractivity contribution in [2.75, 3.05) is 18.0 Å². The second-order valence-corrected chi connectivity index (χ2v) is 11.8. The van der Waals surface area contributed by atoms with Gasteiger partial charge in [0.15, 0.2) is 5.78 Å². The molecular formula is C31H42N2O3. The zero-order valence-electron chi connectivity index (χ0n) is 22.4. The summed E-state index contributed by atoms with van der Waals surface area (Å²) in [6.45, 7) is 10.2. The Bertz CT molecular complexity index is 1050. The first-order valence-corrected chi connectivity index (χ1v) is 13.5. The maximum atomic E-state index is 12.1. The van der Waals surface area contributed by atoms with Gasteiger partial charge in [0.1, 0.15) is 11.4 Å². The number of fused-ring (bicyclic) bond motifs is 1. The summed E-state index contributed by atoms with van der Waals surface area (Å²) >= 11 is 0. The van der Waals surface area contributed by atoms with Crippen LogP contribution >= 0.6 is 0 Å². The summed E-state index contributed by atoms with van der Waals surface area (Å²) in [5.41, 5.74) is 3.89. The molecule has 1 spiro atoms. The molecule has 1 aliphatic carbocycles. The molecule has 36 heavy (non-hydrogen) atoms. The van der Waals surface area contributed by atoms with E-state index in [1.54, 1.807) is 0 Å². The summed E-state index contributed by atoms with van der Waals surface area (Å²) in [5.74, 6) is 1.52. The Kier molecular flexibility index (Phi) is 8.07. The van der Waals surface area contributed by atoms with Crippen LogP contribution in [-0.2, 0) is 21.5 Å². The van der Waals surface area contributed by atoms with E-state index in [1.807, 2.05) is 0 Å². The van der Waals surface area contributed by atoms with Gasteiger partial charge in [0.25, 0.3) is 0 Å². The largest absolute Gasteiger partial charge is 0.485 e. The molecule has 0 bridgehead atoms. The van der Waals surface area contributed by atoms with Crippen LogP contribution in [0.4, 0.5) is 5.69 Å². The monoisotopic (exact) mass is 490 g/mol. The number of amides is 1. The molecule has 5 heteroatoms. The van der Waals surface area contributed by atoms with Gasteiger partial charge in [-0.3, -0.25) is 9.59 Å². The lowest BCUT2D eigenvalue weighted by Crippen LogP contribution is -2.41. The Labute approximate surface area is 216 Å². The number of nitrogens with zero attached hydrogens (tertiary/aromatic N) is 1. The molecule has 2 aliphatic rings. The molecule has 1 N–H and O–H groups in total. The van der Waals surface area contributed by atoms with E-state index in [0.717, 1.165) is 57.4 Å². The molecule has 0 aromatic heterocycles. The number of Topliss-reactive ketones (excluding diaryl/α,β-unsaturated/α-hetero) is 1.